The number of carbonyl (C=O) groups excluding carboxylic acids is 1. The van der Waals surface area contributed by atoms with E-state index < -0.39 is 0 Å². The smallest absolute Gasteiger partial charge is 0.330 e. The van der Waals surface area contributed by atoms with Gasteiger partial charge >= 0.3 is 5.97 Å². The highest BCUT2D eigenvalue weighted by Crippen LogP contribution is 2.14. The van der Waals surface area contributed by atoms with Gasteiger partial charge in [0, 0.05) is 24.9 Å². The third-order valence-corrected chi connectivity index (χ3v) is 3.24. The van der Waals surface area contributed by atoms with Crippen LogP contribution in [0, 0.1) is 0 Å². The number of nitrogens with zero attached hydrogens (tertiary/aromatic N) is 1. The van der Waals surface area contributed by atoms with E-state index in [0.717, 1.165) is 38.8 Å². The standard InChI is InChI=1S/C17H25NO2/c1-3-17(19)20-15-11-6-5-10-14-18(4-2)16-12-8-7-9-13-16/h3,7-9,12-13H,1,4-6,10-11,14-15H2,2H3. The fourth-order valence-electron chi connectivity index (χ4n) is 2.10. The summed E-state index contributed by atoms with van der Waals surface area (Å²) in [4.78, 5) is 13.2. The van der Waals surface area contributed by atoms with E-state index >= 15 is 0 Å². The monoisotopic (exact) mass is 275 g/mol. The molecule has 110 valence electrons. The maximum atomic E-state index is 10.8. The zero-order chi connectivity index (χ0) is 14.6. The molecular weight excluding hydrogens is 250 g/mol. The minimum absolute atomic E-state index is 0.328. The summed E-state index contributed by atoms with van der Waals surface area (Å²) in [5, 5.41) is 0. The highest BCUT2D eigenvalue weighted by molar-refractivity contribution is 5.81. The molecule has 3 heteroatoms. The SMILES string of the molecule is C=CC(=O)OCCCCCCN(CC)c1ccccc1. The van der Waals surface area contributed by atoms with Crippen molar-refractivity contribution in [3.63, 3.8) is 0 Å². The van der Waals surface area contributed by atoms with Gasteiger partial charge in [0.2, 0.25) is 0 Å². The summed E-state index contributed by atoms with van der Waals surface area (Å²) < 4.78 is 4.94. The zero-order valence-corrected chi connectivity index (χ0v) is 12.4. The van der Waals surface area contributed by atoms with Crippen molar-refractivity contribution in [3.8, 4) is 0 Å². The fourth-order valence-corrected chi connectivity index (χ4v) is 2.10. The molecule has 0 unspecified atom stereocenters. The zero-order valence-electron chi connectivity index (χ0n) is 12.4. The number of anilines is 1. The summed E-state index contributed by atoms with van der Waals surface area (Å²) >= 11 is 0. The highest BCUT2D eigenvalue weighted by atomic mass is 16.5. The van der Waals surface area contributed by atoms with Crippen LogP contribution in [0.25, 0.3) is 0 Å². The quantitative estimate of drug-likeness (QED) is 0.369. The van der Waals surface area contributed by atoms with Crippen LogP contribution in [0.15, 0.2) is 43.0 Å². The van der Waals surface area contributed by atoms with Crippen molar-refractivity contribution in [1.82, 2.24) is 0 Å². The Bertz CT molecular complexity index is 389. The fraction of sp³-hybridized carbons (Fsp3) is 0.471. The van der Waals surface area contributed by atoms with E-state index in [4.69, 9.17) is 4.74 Å². The minimum atomic E-state index is -0.328. The number of esters is 1. The van der Waals surface area contributed by atoms with Crippen LogP contribution in [0.4, 0.5) is 5.69 Å². The van der Waals surface area contributed by atoms with Crippen LogP contribution in [-0.2, 0) is 9.53 Å². The molecule has 0 aromatic heterocycles. The average molecular weight is 275 g/mol. The van der Waals surface area contributed by atoms with Gasteiger partial charge < -0.3 is 9.64 Å². The predicted molar refractivity (Wildman–Crippen MR) is 84.0 cm³/mol. The van der Waals surface area contributed by atoms with Gasteiger partial charge in [0.25, 0.3) is 0 Å². The lowest BCUT2D eigenvalue weighted by molar-refractivity contribution is -0.137. The molecule has 0 aliphatic heterocycles. The normalized spacial score (nSPS) is 10.1. The van der Waals surface area contributed by atoms with Crippen LogP contribution in [0.5, 0.6) is 0 Å². The Morgan fingerprint density at radius 1 is 1.20 bits per heavy atom. The first kappa shape index (κ1) is 16.3. The maximum absolute atomic E-state index is 10.8. The van der Waals surface area contributed by atoms with Crippen LogP contribution >= 0.6 is 0 Å². The number of unbranched alkanes of at least 4 members (excludes halogenated alkanes) is 3. The molecule has 0 heterocycles. The number of rotatable bonds is 10. The Kier molecular flexibility index (Phi) is 8.20. The molecule has 0 N–H and O–H groups in total. The molecule has 0 spiro atoms. The van der Waals surface area contributed by atoms with Crippen molar-refractivity contribution in [2.45, 2.75) is 32.6 Å². The third-order valence-electron chi connectivity index (χ3n) is 3.24. The molecule has 1 aromatic rings. The topological polar surface area (TPSA) is 29.5 Å². The third kappa shape index (κ3) is 6.41. The molecule has 3 nitrogen and oxygen atoms in total. The number of para-hydroxylation sites is 1. The van der Waals surface area contributed by atoms with E-state index in [1.807, 2.05) is 6.07 Å². The van der Waals surface area contributed by atoms with Crippen LogP contribution in [0.2, 0.25) is 0 Å². The Morgan fingerprint density at radius 3 is 2.55 bits per heavy atom. The summed E-state index contributed by atoms with van der Waals surface area (Å²) in [5.74, 6) is -0.328. The maximum Gasteiger partial charge on any atom is 0.330 e. The molecule has 0 saturated carbocycles. The lowest BCUT2D eigenvalue weighted by Gasteiger charge is -2.23. The molecule has 20 heavy (non-hydrogen) atoms. The van der Waals surface area contributed by atoms with Crippen molar-refractivity contribution in [3.05, 3.63) is 43.0 Å². The van der Waals surface area contributed by atoms with E-state index in [1.54, 1.807) is 0 Å². The Balaban J connectivity index is 2.11. The lowest BCUT2D eigenvalue weighted by Crippen LogP contribution is -2.23. The molecule has 1 aromatic carbocycles. The summed E-state index contributed by atoms with van der Waals surface area (Å²) in [7, 11) is 0. The van der Waals surface area contributed by atoms with E-state index in [2.05, 4.69) is 42.7 Å². The van der Waals surface area contributed by atoms with Gasteiger partial charge in [-0.1, -0.05) is 31.2 Å². The van der Waals surface area contributed by atoms with Crippen molar-refractivity contribution < 1.29 is 9.53 Å². The molecule has 0 radical (unpaired) electrons. The van der Waals surface area contributed by atoms with Gasteiger partial charge in [0.05, 0.1) is 6.61 Å². The number of benzene rings is 1. The molecule has 0 aliphatic carbocycles. The highest BCUT2D eigenvalue weighted by Gasteiger charge is 2.02. The lowest BCUT2D eigenvalue weighted by atomic mass is 10.2. The Labute approximate surface area is 122 Å². The largest absolute Gasteiger partial charge is 0.463 e. The molecular formula is C17H25NO2. The van der Waals surface area contributed by atoms with Crippen LogP contribution in [-0.4, -0.2) is 25.7 Å². The van der Waals surface area contributed by atoms with Crippen LogP contribution in [0.1, 0.15) is 32.6 Å². The second-order valence-corrected chi connectivity index (χ2v) is 4.70. The second-order valence-electron chi connectivity index (χ2n) is 4.70. The van der Waals surface area contributed by atoms with Gasteiger partial charge in [0.15, 0.2) is 0 Å². The number of carbonyl (C=O) groups is 1. The van der Waals surface area contributed by atoms with Crippen molar-refractivity contribution in [1.29, 1.82) is 0 Å². The second kappa shape index (κ2) is 10.1. The van der Waals surface area contributed by atoms with Crippen molar-refractivity contribution in [2.24, 2.45) is 0 Å². The molecule has 0 aliphatic rings. The van der Waals surface area contributed by atoms with Crippen LogP contribution in [0.3, 0.4) is 0 Å². The minimum Gasteiger partial charge on any atom is -0.463 e. The average Bonchev–Trinajstić information content (AvgIpc) is 2.50. The number of hydrogen-bond donors (Lipinski definition) is 0. The Hall–Kier alpha value is -1.77. The van der Waals surface area contributed by atoms with Gasteiger partial charge in [-0.3, -0.25) is 0 Å². The first-order chi connectivity index (χ1) is 9.77. The van der Waals surface area contributed by atoms with Gasteiger partial charge in [-0.2, -0.15) is 0 Å². The van der Waals surface area contributed by atoms with E-state index in [-0.39, 0.29) is 5.97 Å². The van der Waals surface area contributed by atoms with Gasteiger partial charge in [-0.15, -0.1) is 0 Å². The molecule has 0 atom stereocenters. The summed E-state index contributed by atoms with van der Waals surface area (Å²) in [6.07, 6.45) is 5.56. The first-order valence-corrected chi connectivity index (χ1v) is 7.37. The van der Waals surface area contributed by atoms with Gasteiger partial charge in [-0.25, -0.2) is 4.79 Å². The first-order valence-electron chi connectivity index (χ1n) is 7.37. The molecule has 0 fully saturated rings. The predicted octanol–water partition coefficient (Wildman–Crippen LogP) is 3.80. The van der Waals surface area contributed by atoms with Crippen molar-refractivity contribution in [2.75, 3.05) is 24.6 Å². The molecule has 0 saturated heterocycles. The van der Waals surface area contributed by atoms with Gasteiger partial charge in [-0.05, 0) is 38.3 Å². The number of ether oxygens (including phenoxy) is 1. The van der Waals surface area contributed by atoms with E-state index in [9.17, 15) is 4.79 Å². The van der Waals surface area contributed by atoms with E-state index in [1.165, 1.54) is 11.8 Å². The summed E-state index contributed by atoms with van der Waals surface area (Å²) in [6, 6.07) is 10.5. The van der Waals surface area contributed by atoms with Gasteiger partial charge in [0.1, 0.15) is 0 Å². The summed E-state index contributed by atoms with van der Waals surface area (Å²) in [6.45, 7) is 8.15. The summed E-state index contributed by atoms with van der Waals surface area (Å²) in [5.41, 5.74) is 1.29. The molecule has 0 amide bonds. The Morgan fingerprint density at radius 2 is 1.90 bits per heavy atom. The molecule has 0 bridgehead atoms. The van der Waals surface area contributed by atoms with Crippen LogP contribution < -0.4 is 4.90 Å². The van der Waals surface area contributed by atoms with Crippen molar-refractivity contribution >= 4 is 11.7 Å². The molecule has 1 rings (SSSR count). The number of hydrogen-bond acceptors (Lipinski definition) is 3. The van der Waals surface area contributed by atoms with E-state index in [0.29, 0.717) is 6.61 Å².